The van der Waals surface area contributed by atoms with Gasteiger partial charge in [-0.25, -0.2) is 9.80 Å². The highest BCUT2D eigenvalue weighted by Gasteiger charge is 2.56. The van der Waals surface area contributed by atoms with E-state index in [9.17, 15) is 14.4 Å². The molecule has 8 nitrogen and oxygen atoms in total. The highest BCUT2D eigenvalue weighted by atomic mass is 35.5. The van der Waals surface area contributed by atoms with Crippen LogP contribution in [0.4, 0.5) is 4.79 Å². The fourth-order valence-corrected chi connectivity index (χ4v) is 4.39. The van der Waals surface area contributed by atoms with Crippen LogP contribution in [0.25, 0.3) is 0 Å². The Kier molecular flexibility index (Phi) is 4.62. The summed E-state index contributed by atoms with van der Waals surface area (Å²) < 4.78 is 5.54. The van der Waals surface area contributed by atoms with Gasteiger partial charge in [-0.1, -0.05) is 23.7 Å². The molecule has 3 aliphatic rings. The van der Waals surface area contributed by atoms with E-state index in [-0.39, 0.29) is 18.4 Å². The van der Waals surface area contributed by atoms with Crippen LogP contribution in [0.15, 0.2) is 52.2 Å². The lowest BCUT2D eigenvalue weighted by molar-refractivity contribution is -0.140. The Hall–Kier alpha value is -3.13. The summed E-state index contributed by atoms with van der Waals surface area (Å²) in [6.45, 7) is 1.36. The van der Waals surface area contributed by atoms with Crippen molar-refractivity contribution in [3.63, 3.8) is 0 Å². The molecule has 1 aliphatic carbocycles. The number of halogens is 1. The Morgan fingerprint density at radius 3 is 2.65 bits per heavy atom. The van der Waals surface area contributed by atoms with Crippen LogP contribution in [-0.2, 0) is 9.59 Å². The molecule has 3 heterocycles. The molecule has 1 saturated carbocycles. The second-order valence-electron chi connectivity index (χ2n) is 8.33. The first-order valence-corrected chi connectivity index (χ1v) is 10.6. The molecule has 0 spiro atoms. The molecule has 4 amide bonds. The summed E-state index contributed by atoms with van der Waals surface area (Å²) in [7, 11) is 0. The lowest BCUT2D eigenvalue weighted by Gasteiger charge is -2.23. The van der Waals surface area contributed by atoms with Gasteiger partial charge in [-0.3, -0.25) is 14.5 Å². The molecule has 1 N–H and O–H groups in total. The maximum absolute atomic E-state index is 13.2. The molecule has 1 aromatic carbocycles. The molecule has 5 rings (SSSR count). The monoisotopic (exact) mass is 440 g/mol. The Morgan fingerprint density at radius 2 is 2.00 bits per heavy atom. The number of hydrogen-bond acceptors (Lipinski definition) is 5. The van der Waals surface area contributed by atoms with E-state index in [0.29, 0.717) is 22.9 Å². The second-order valence-corrected chi connectivity index (χ2v) is 8.76. The molecule has 1 aromatic heterocycles. The summed E-state index contributed by atoms with van der Waals surface area (Å²) in [5.74, 6) is -0.0970. The molecule has 2 aromatic rings. The third-order valence-corrected chi connectivity index (χ3v) is 6.46. The quantitative estimate of drug-likeness (QED) is 0.721. The Morgan fingerprint density at radius 1 is 1.26 bits per heavy atom. The predicted octanol–water partition coefficient (Wildman–Crippen LogP) is 3.33. The number of nitrogens with zero attached hydrogens (tertiary/aromatic N) is 3. The normalized spacial score (nSPS) is 25.7. The molecular formula is C22H21ClN4O4. The zero-order chi connectivity index (χ0) is 21.8. The molecular weight excluding hydrogens is 420 g/mol. The fraction of sp³-hybridized carbons (Fsp3) is 0.364. The summed E-state index contributed by atoms with van der Waals surface area (Å²) >= 11 is 5.98. The summed E-state index contributed by atoms with van der Waals surface area (Å²) in [5, 5.41) is 9.22. The zero-order valence-electron chi connectivity index (χ0n) is 16.9. The first-order valence-electron chi connectivity index (χ1n) is 10.2. The van der Waals surface area contributed by atoms with E-state index in [1.807, 2.05) is 12.1 Å². The van der Waals surface area contributed by atoms with Crippen molar-refractivity contribution in [3.05, 3.63) is 59.0 Å². The molecule has 0 unspecified atom stereocenters. The highest BCUT2D eigenvalue weighted by molar-refractivity contribution is 6.30. The largest absolute Gasteiger partial charge is 0.467 e. The lowest BCUT2D eigenvalue weighted by atomic mass is 9.96. The average Bonchev–Trinajstić information content (AvgIpc) is 3.22. The Balaban J connectivity index is 1.40. The number of rotatable bonds is 5. The van der Waals surface area contributed by atoms with Crippen molar-refractivity contribution in [3.8, 4) is 0 Å². The molecule has 0 radical (unpaired) electrons. The van der Waals surface area contributed by atoms with Crippen molar-refractivity contribution in [2.45, 2.75) is 37.8 Å². The first kappa shape index (κ1) is 19.8. The van der Waals surface area contributed by atoms with Gasteiger partial charge in [0.2, 0.25) is 0 Å². The van der Waals surface area contributed by atoms with E-state index in [1.165, 1.54) is 11.3 Å². The van der Waals surface area contributed by atoms with Gasteiger partial charge >= 0.3 is 6.03 Å². The van der Waals surface area contributed by atoms with Crippen molar-refractivity contribution in [1.82, 2.24) is 15.2 Å². The molecule has 1 saturated heterocycles. The number of imide groups is 1. The van der Waals surface area contributed by atoms with Crippen LogP contribution in [0.1, 0.15) is 43.6 Å². The summed E-state index contributed by atoms with van der Waals surface area (Å²) in [6, 6.07) is 9.74. The topological polar surface area (TPSA) is 95.2 Å². The van der Waals surface area contributed by atoms with E-state index < -0.39 is 23.5 Å². The van der Waals surface area contributed by atoms with Gasteiger partial charge in [-0.15, -0.1) is 0 Å². The molecule has 2 fully saturated rings. The Bertz CT molecular complexity index is 1080. The van der Waals surface area contributed by atoms with E-state index in [4.69, 9.17) is 16.0 Å². The van der Waals surface area contributed by atoms with Gasteiger partial charge < -0.3 is 9.73 Å². The summed E-state index contributed by atoms with van der Waals surface area (Å²) in [6.07, 6.45) is 3.77. The fourth-order valence-electron chi connectivity index (χ4n) is 4.26. The Labute approximate surface area is 183 Å². The van der Waals surface area contributed by atoms with Crippen LogP contribution in [-0.4, -0.2) is 45.5 Å². The minimum absolute atomic E-state index is 0.126. The third-order valence-electron chi connectivity index (χ3n) is 6.20. The van der Waals surface area contributed by atoms with E-state index >= 15 is 0 Å². The average molecular weight is 441 g/mol. The van der Waals surface area contributed by atoms with Gasteiger partial charge in [0.05, 0.1) is 12.0 Å². The van der Waals surface area contributed by atoms with Gasteiger partial charge in [0.15, 0.2) is 0 Å². The number of carbonyl (C=O) groups excluding carboxylic acids is 3. The number of carbonyl (C=O) groups is 3. The van der Waals surface area contributed by atoms with Crippen molar-refractivity contribution in [1.29, 1.82) is 0 Å². The van der Waals surface area contributed by atoms with Gasteiger partial charge in [0.25, 0.3) is 11.8 Å². The number of urea groups is 1. The molecule has 2 aliphatic heterocycles. The number of hydrogen-bond donors (Lipinski definition) is 1. The van der Waals surface area contributed by atoms with Crippen molar-refractivity contribution < 1.29 is 18.8 Å². The first-order chi connectivity index (χ1) is 14.9. The van der Waals surface area contributed by atoms with Crippen molar-refractivity contribution in [2.75, 3.05) is 6.54 Å². The van der Waals surface area contributed by atoms with E-state index in [0.717, 1.165) is 23.3 Å². The molecule has 9 heteroatoms. The standard InChI is InChI=1S/C22H21ClN4O4/c1-22(14-6-7-14)20(29)26(21(30)24-22)12-19(28)27-17(18-3-2-10-31-18)11-16(25-27)13-4-8-15(23)9-5-13/h2-5,8-10,14,17H,6-7,11-12H2,1H3,(H,24,30)/t17-,22-/m1/s1. The number of hydrazone groups is 1. The molecule has 0 bridgehead atoms. The van der Waals surface area contributed by atoms with Crippen molar-refractivity contribution >= 4 is 35.2 Å². The lowest BCUT2D eigenvalue weighted by Crippen LogP contribution is -2.47. The molecule has 160 valence electrons. The van der Waals surface area contributed by atoms with Gasteiger partial charge in [-0.05, 0) is 55.5 Å². The zero-order valence-corrected chi connectivity index (χ0v) is 17.6. The maximum atomic E-state index is 13.2. The maximum Gasteiger partial charge on any atom is 0.325 e. The van der Waals surface area contributed by atoms with Gasteiger partial charge in [0.1, 0.15) is 23.9 Å². The van der Waals surface area contributed by atoms with Crippen LogP contribution < -0.4 is 5.32 Å². The van der Waals surface area contributed by atoms with Crippen LogP contribution in [0.3, 0.4) is 0 Å². The third kappa shape index (κ3) is 3.40. The second kappa shape index (κ2) is 7.23. The number of benzene rings is 1. The SMILES string of the molecule is C[C@]1(C2CC2)NC(=O)N(CC(=O)N2N=C(c3ccc(Cl)cc3)C[C@@H]2c2ccco2)C1=O. The van der Waals surface area contributed by atoms with Crippen LogP contribution in [0.5, 0.6) is 0 Å². The smallest absolute Gasteiger partial charge is 0.325 e. The number of furan rings is 1. The highest BCUT2D eigenvalue weighted by Crippen LogP contribution is 2.42. The summed E-state index contributed by atoms with van der Waals surface area (Å²) in [4.78, 5) is 39.6. The van der Waals surface area contributed by atoms with Crippen LogP contribution >= 0.6 is 11.6 Å². The predicted molar refractivity (Wildman–Crippen MR) is 112 cm³/mol. The van der Waals surface area contributed by atoms with Crippen molar-refractivity contribution in [2.24, 2.45) is 11.0 Å². The minimum Gasteiger partial charge on any atom is -0.467 e. The number of nitrogens with one attached hydrogen (secondary N) is 1. The molecule has 2 atom stereocenters. The summed E-state index contributed by atoms with van der Waals surface area (Å²) in [5.41, 5.74) is 0.611. The van der Waals surface area contributed by atoms with E-state index in [2.05, 4.69) is 10.4 Å². The van der Waals surface area contributed by atoms with Gasteiger partial charge in [-0.2, -0.15) is 5.10 Å². The van der Waals surface area contributed by atoms with Crippen LogP contribution in [0.2, 0.25) is 5.02 Å². The minimum atomic E-state index is -0.930. The van der Waals surface area contributed by atoms with E-state index in [1.54, 1.807) is 31.2 Å². The van der Waals surface area contributed by atoms with Crippen LogP contribution in [0, 0.1) is 5.92 Å². The van der Waals surface area contributed by atoms with Gasteiger partial charge in [0, 0.05) is 11.4 Å². The molecule has 31 heavy (non-hydrogen) atoms. The number of amides is 4.